The highest BCUT2D eigenvalue weighted by Gasteiger charge is 2.18. The number of aryl methyl sites for hydroxylation is 1. The van der Waals surface area contributed by atoms with Crippen LogP contribution < -0.4 is 4.72 Å². The van der Waals surface area contributed by atoms with Gasteiger partial charge in [0.25, 0.3) is 10.0 Å². The SMILES string of the molecule is Cn1cc(C#N)c(NS(=O)(=O)c2ccc(C#N)nc2)n1. The van der Waals surface area contributed by atoms with Gasteiger partial charge in [-0.05, 0) is 12.1 Å². The molecule has 0 aliphatic heterocycles. The lowest BCUT2D eigenvalue weighted by Crippen LogP contribution is -2.14. The number of hydrogen-bond acceptors (Lipinski definition) is 6. The molecule has 0 radical (unpaired) electrons. The lowest BCUT2D eigenvalue weighted by atomic mass is 10.4. The summed E-state index contributed by atoms with van der Waals surface area (Å²) in [5, 5.41) is 21.3. The molecule has 0 aliphatic carbocycles. The number of hydrogen-bond donors (Lipinski definition) is 1. The van der Waals surface area contributed by atoms with Crippen molar-refractivity contribution in [2.75, 3.05) is 4.72 Å². The van der Waals surface area contributed by atoms with E-state index in [0.717, 1.165) is 6.20 Å². The predicted molar refractivity (Wildman–Crippen MR) is 67.7 cm³/mol. The Morgan fingerprint density at radius 1 is 1.30 bits per heavy atom. The summed E-state index contributed by atoms with van der Waals surface area (Å²) in [5.74, 6) is -0.0561. The smallest absolute Gasteiger partial charge is 0.264 e. The largest absolute Gasteiger partial charge is 0.272 e. The van der Waals surface area contributed by atoms with Gasteiger partial charge in [-0.2, -0.15) is 15.6 Å². The third kappa shape index (κ3) is 2.58. The Morgan fingerprint density at radius 2 is 2.05 bits per heavy atom. The van der Waals surface area contributed by atoms with Crippen LogP contribution in [-0.4, -0.2) is 23.2 Å². The van der Waals surface area contributed by atoms with E-state index in [-0.39, 0.29) is 22.0 Å². The van der Waals surface area contributed by atoms with Crippen LogP contribution in [0.1, 0.15) is 11.3 Å². The molecule has 0 amide bonds. The van der Waals surface area contributed by atoms with Crippen molar-refractivity contribution < 1.29 is 8.42 Å². The molecule has 2 aromatic heterocycles. The Balaban J connectivity index is 2.36. The molecular weight excluding hydrogens is 280 g/mol. The average Bonchev–Trinajstić information content (AvgIpc) is 2.78. The fraction of sp³-hybridized carbons (Fsp3) is 0.0909. The lowest BCUT2D eigenvalue weighted by Gasteiger charge is -2.05. The van der Waals surface area contributed by atoms with Crippen LogP contribution in [0.3, 0.4) is 0 Å². The molecule has 0 fully saturated rings. The molecule has 8 nitrogen and oxygen atoms in total. The van der Waals surface area contributed by atoms with E-state index >= 15 is 0 Å². The summed E-state index contributed by atoms with van der Waals surface area (Å²) in [6.07, 6.45) is 2.46. The second-order valence-electron chi connectivity index (χ2n) is 3.77. The maximum absolute atomic E-state index is 12.1. The van der Waals surface area contributed by atoms with Crippen molar-refractivity contribution >= 4 is 15.8 Å². The number of pyridine rings is 1. The Hall–Kier alpha value is -2.91. The van der Waals surface area contributed by atoms with Gasteiger partial charge in [0.1, 0.15) is 28.3 Å². The molecular formula is C11H8N6O2S. The van der Waals surface area contributed by atoms with Crippen molar-refractivity contribution in [3.8, 4) is 12.1 Å². The zero-order valence-corrected chi connectivity index (χ0v) is 11.1. The van der Waals surface area contributed by atoms with Crippen LogP contribution >= 0.6 is 0 Å². The normalized spacial score (nSPS) is 10.6. The summed E-state index contributed by atoms with van der Waals surface area (Å²) in [4.78, 5) is 3.56. The lowest BCUT2D eigenvalue weighted by molar-refractivity contribution is 0.600. The molecule has 0 aliphatic rings. The van der Waals surface area contributed by atoms with Crippen LogP contribution in [0.4, 0.5) is 5.82 Å². The number of anilines is 1. The second kappa shape index (κ2) is 4.99. The van der Waals surface area contributed by atoms with Crippen LogP contribution in [0.2, 0.25) is 0 Å². The molecule has 1 N–H and O–H groups in total. The zero-order chi connectivity index (χ0) is 14.8. The number of aromatic nitrogens is 3. The van der Waals surface area contributed by atoms with E-state index in [4.69, 9.17) is 10.5 Å². The van der Waals surface area contributed by atoms with E-state index in [1.54, 1.807) is 13.1 Å². The minimum atomic E-state index is -3.91. The third-order valence-electron chi connectivity index (χ3n) is 2.34. The molecule has 9 heteroatoms. The van der Waals surface area contributed by atoms with E-state index in [9.17, 15) is 8.42 Å². The predicted octanol–water partition coefficient (Wildman–Crippen LogP) is 0.359. The van der Waals surface area contributed by atoms with Gasteiger partial charge in [0, 0.05) is 19.4 Å². The topological polar surface area (TPSA) is 124 Å². The molecule has 0 unspecified atom stereocenters. The fourth-order valence-corrected chi connectivity index (χ4v) is 2.40. The quantitative estimate of drug-likeness (QED) is 0.869. The zero-order valence-electron chi connectivity index (χ0n) is 10.3. The summed E-state index contributed by atoms with van der Waals surface area (Å²) in [5.41, 5.74) is 0.220. The van der Waals surface area contributed by atoms with Gasteiger partial charge in [-0.1, -0.05) is 0 Å². The first-order valence-corrected chi connectivity index (χ1v) is 6.77. The van der Waals surface area contributed by atoms with E-state index in [0.29, 0.717) is 0 Å². The molecule has 0 saturated carbocycles. The highest BCUT2D eigenvalue weighted by molar-refractivity contribution is 7.92. The van der Waals surface area contributed by atoms with Gasteiger partial charge in [0.2, 0.25) is 0 Å². The molecule has 100 valence electrons. The highest BCUT2D eigenvalue weighted by Crippen LogP contribution is 2.17. The maximum Gasteiger partial charge on any atom is 0.264 e. The van der Waals surface area contributed by atoms with Gasteiger partial charge in [-0.3, -0.25) is 9.40 Å². The molecule has 0 spiro atoms. The van der Waals surface area contributed by atoms with E-state index in [1.165, 1.54) is 23.0 Å². The molecule has 0 saturated heterocycles. The van der Waals surface area contributed by atoms with E-state index < -0.39 is 10.0 Å². The first-order valence-electron chi connectivity index (χ1n) is 5.29. The summed E-state index contributed by atoms with van der Waals surface area (Å²) in [6, 6.07) is 6.17. The molecule has 0 bridgehead atoms. The molecule has 0 aromatic carbocycles. The number of nitriles is 2. The van der Waals surface area contributed by atoms with Gasteiger partial charge < -0.3 is 0 Å². The van der Waals surface area contributed by atoms with E-state index in [2.05, 4.69) is 14.8 Å². The van der Waals surface area contributed by atoms with Crippen molar-refractivity contribution in [1.29, 1.82) is 10.5 Å². The molecule has 20 heavy (non-hydrogen) atoms. The number of nitrogens with zero attached hydrogens (tertiary/aromatic N) is 5. The van der Waals surface area contributed by atoms with Crippen molar-refractivity contribution in [3.63, 3.8) is 0 Å². The van der Waals surface area contributed by atoms with Crippen molar-refractivity contribution in [3.05, 3.63) is 35.8 Å². The maximum atomic E-state index is 12.1. The number of rotatable bonds is 3. The molecule has 0 atom stereocenters. The van der Waals surface area contributed by atoms with Crippen LogP contribution in [0.5, 0.6) is 0 Å². The summed E-state index contributed by atoms with van der Waals surface area (Å²) >= 11 is 0. The Kier molecular flexibility index (Phi) is 3.37. The fourth-order valence-electron chi connectivity index (χ4n) is 1.44. The van der Waals surface area contributed by atoms with Gasteiger partial charge in [0.15, 0.2) is 5.82 Å². The van der Waals surface area contributed by atoms with Crippen LogP contribution in [0.25, 0.3) is 0 Å². The molecule has 2 heterocycles. The van der Waals surface area contributed by atoms with Gasteiger partial charge in [-0.25, -0.2) is 13.4 Å². The van der Waals surface area contributed by atoms with Gasteiger partial charge >= 0.3 is 0 Å². The van der Waals surface area contributed by atoms with Crippen molar-refractivity contribution in [1.82, 2.24) is 14.8 Å². The first-order chi connectivity index (χ1) is 9.46. The molecule has 2 aromatic rings. The monoisotopic (exact) mass is 288 g/mol. The Bertz CT molecular complexity index is 823. The minimum absolute atomic E-state index is 0.0561. The minimum Gasteiger partial charge on any atom is -0.272 e. The second-order valence-corrected chi connectivity index (χ2v) is 5.46. The first kappa shape index (κ1) is 13.5. The van der Waals surface area contributed by atoms with Gasteiger partial charge in [0.05, 0.1) is 0 Å². The van der Waals surface area contributed by atoms with Crippen LogP contribution in [-0.2, 0) is 17.1 Å². The van der Waals surface area contributed by atoms with Gasteiger partial charge in [-0.15, -0.1) is 0 Å². The third-order valence-corrected chi connectivity index (χ3v) is 3.67. The van der Waals surface area contributed by atoms with E-state index in [1.807, 2.05) is 6.07 Å². The summed E-state index contributed by atoms with van der Waals surface area (Å²) < 4.78 is 27.7. The van der Waals surface area contributed by atoms with Crippen LogP contribution in [0.15, 0.2) is 29.4 Å². The number of sulfonamides is 1. The Labute approximate surface area is 115 Å². The van der Waals surface area contributed by atoms with Crippen LogP contribution in [0, 0.1) is 22.7 Å². The summed E-state index contributed by atoms with van der Waals surface area (Å²) in [6.45, 7) is 0. The molecule has 2 rings (SSSR count). The number of nitrogens with one attached hydrogen (secondary N) is 1. The van der Waals surface area contributed by atoms with Crippen molar-refractivity contribution in [2.24, 2.45) is 7.05 Å². The summed E-state index contributed by atoms with van der Waals surface area (Å²) in [7, 11) is -2.34. The average molecular weight is 288 g/mol. The standard InChI is InChI=1S/C11H8N6O2S/c1-17-7-8(4-12)11(15-17)16-20(18,19)10-3-2-9(5-13)14-6-10/h2-3,6-7H,1H3,(H,15,16). The van der Waals surface area contributed by atoms with Crippen molar-refractivity contribution in [2.45, 2.75) is 4.90 Å². The Morgan fingerprint density at radius 3 is 2.60 bits per heavy atom. The highest BCUT2D eigenvalue weighted by atomic mass is 32.2.